The number of halogens is 3. The van der Waals surface area contributed by atoms with Crippen molar-refractivity contribution in [2.75, 3.05) is 6.54 Å². The average Bonchev–Trinajstić information content (AvgIpc) is 2.73. The van der Waals surface area contributed by atoms with E-state index in [1.54, 1.807) is 4.68 Å². The lowest BCUT2D eigenvalue weighted by molar-refractivity contribution is 0.468. The van der Waals surface area contributed by atoms with Crippen LogP contribution in [0.25, 0.3) is 0 Å². The van der Waals surface area contributed by atoms with Crippen LogP contribution >= 0.6 is 15.9 Å². The molecule has 2 rings (SSSR count). The van der Waals surface area contributed by atoms with Gasteiger partial charge in [-0.25, -0.2) is 8.78 Å². The van der Waals surface area contributed by atoms with E-state index in [1.807, 2.05) is 26.2 Å². The Bertz CT molecular complexity index is 575. The first-order valence-electron chi connectivity index (χ1n) is 6.37. The molecule has 0 aliphatic heterocycles. The van der Waals surface area contributed by atoms with Gasteiger partial charge in [0.15, 0.2) is 0 Å². The maximum Gasteiger partial charge on any atom is 0.132 e. The van der Waals surface area contributed by atoms with Gasteiger partial charge in [0.25, 0.3) is 0 Å². The van der Waals surface area contributed by atoms with Crippen LogP contribution in [0.4, 0.5) is 8.78 Å². The molecule has 0 aliphatic carbocycles. The minimum atomic E-state index is -0.557. The minimum Gasteiger partial charge on any atom is -0.310 e. The summed E-state index contributed by atoms with van der Waals surface area (Å²) in [5.74, 6) is -1.11. The summed E-state index contributed by atoms with van der Waals surface area (Å²) < 4.78 is 30.2. The molecule has 1 aromatic carbocycles. The van der Waals surface area contributed by atoms with Crippen molar-refractivity contribution in [1.82, 2.24) is 15.1 Å². The normalized spacial score (nSPS) is 12.7. The summed E-state index contributed by atoms with van der Waals surface area (Å²) >= 11 is 3.09. The molecule has 1 atom stereocenters. The third kappa shape index (κ3) is 3.43. The summed E-state index contributed by atoms with van der Waals surface area (Å²) in [6.45, 7) is 2.52. The molecule has 0 aliphatic rings. The fourth-order valence-corrected chi connectivity index (χ4v) is 2.59. The van der Waals surface area contributed by atoms with Crippen molar-refractivity contribution in [3.05, 3.63) is 51.8 Å². The third-order valence-electron chi connectivity index (χ3n) is 3.02. The molecule has 1 aromatic heterocycles. The fourth-order valence-electron chi connectivity index (χ4n) is 2.19. The number of rotatable bonds is 5. The maximum atomic E-state index is 14.1. The molecule has 0 radical (unpaired) electrons. The number of aryl methyl sites for hydroxylation is 1. The first kappa shape index (κ1) is 15.1. The zero-order valence-electron chi connectivity index (χ0n) is 11.3. The molecule has 20 heavy (non-hydrogen) atoms. The molecule has 0 saturated heterocycles. The van der Waals surface area contributed by atoms with E-state index < -0.39 is 17.7 Å². The summed E-state index contributed by atoms with van der Waals surface area (Å²) in [6.07, 6.45) is 2.25. The number of hydrogen-bond acceptors (Lipinski definition) is 2. The molecular weight excluding hydrogens is 328 g/mol. The van der Waals surface area contributed by atoms with Gasteiger partial charge in [0.1, 0.15) is 11.6 Å². The highest BCUT2D eigenvalue weighted by atomic mass is 79.9. The van der Waals surface area contributed by atoms with E-state index in [0.29, 0.717) is 17.4 Å². The van der Waals surface area contributed by atoms with Gasteiger partial charge < -0.3 is 5.32 Å². The molecule has 6 heteroatoms. The standard InChI is InChI=1S/C14H16BrF2N3/c1-3-18-13(8-10-4-5-20(2)19-10)14-11(16)6-9(15)7-12(14)17/h4-7,13,18H,3,8H2,1-2H3. The molecule has 0 bridgehead atoms. The predicted octanol–water partition coefficient (Wildman–Crippen LogP) is 3.35. The quantitative estimate of drug-likeness (QED) is 0.902. The summed E-state index contributed by atoms with van der Waals surface area (Å²) in [6, 6.07) is 3.96. The largest absolute Gasteiger partial charge is 0.310 e. The second-order valence-electron chi connectivity index (χ2n) is 4.58. The van der Waals surface area contributed by atoms with E-state index >= 15 is 0 Å². The Kier molecular flexibility index (Phi) is 4.88. The second-order valence-corrected chi connectivity index (χ2v) is 5.49. The Morgan fingerprint density at radius 2 is 2.00 bits per heavy atom. The van der Waals surface area contributed by atoms with Crippen LogP contribution in [0.3, 0.4) is 0 Å². The lowest BCUT2D eigenvalue weighted by Crippen LogP contribution is -2.25. The highest BCUT2D eigenvalue weighted by molar-refractivity contribution is 9.10. The Balaban J connectivity index is 2.33. The van der Waals surface area contributed by atoms with Gasteiger partial charge in [0.05, 0.1) is 5.69 Å². The smallest absolute Gasteiger partial charge is 0.132 e. The average molecular weight is 344 g/mol. The van der Waals surface area contributed by atoms with Crippen LogP contribution in [0.1, 0.15) is 24.2 Å². The first-order chi connectivity index (χ1) is 9.51. The Morgan fingerprint density at radius 3 is 2.50 bits per heavy atom. The number of nitrogens with one attached hydrogen (secondary N) is 1. The second kappa shape index (κ2) is 6.45. The van der Waals surface area contributed by atoms with Crippen molar-refractivity contribution in [1.29, 1.82) is 0 Å². The molecule has 1 N–H and O–H groups in total. The molecule has 0 spiro atoms. The van der Waals surface area contributed by atoms with Crippen molar-refractivity contribution in [2.24, 2.45) is 7.05 Å². The minimum absolute atomic E-state index is 0.0562. The summed E-state index contributed by atoms with van der Waals surface area (Å²) in [5, 5.41) is 7.37. The van der Waals surface area contributed by atoms with Crippen molar-refractivity contribution < 1.29 is 8.78 Å². The van der Waals surface area contributed by atoms with Gasteiger partial charge in [-0.15, -0.1) is 0 Å². The maximum absolute atomic E-state index is 14.1. The topological polar surface area (TPSA) is 29.9 Å². The van der Waals surface area contributed by atoms with Gasteiger partial charge in [0, 0.05) is 35.7 Å². The number of nitrogens with zero attached hydrogens (tertiary/aromatic N) is 2. The van der Waals surface area contributed by atoms with Crippen molar-refractivity contribution >= 4 is 15.9 Å². The van der Waals surface area contributed by atoms with Gasteiger partial charge in [-0.2, -0.15) is 5.10 Å². The van der Waals surface area contributed by atoms with Gasteiger partial charge in [-0.3, -0.25) is 4.68 Å². The monoisotopic (exact) mass is 343 g/mol. The van der Waals surface area contributed by atoms with Gasteiger partial charge in [0.2, 0.25) is 0 Å². The lowest BCUT2D eigenvalue weighted by Gasteiger charge is -2.19. The Labute approximate surface area is 125 Å². The predicted molar refractivity (Wildman–Crippen MR) is 77.4 cm³/mol. The number of likely N-dealkylation sites (N-methyl/N-ethyl adjacent to an activating group) is 1. The highest BCUT2D eigenvalue weighted by Gasteiger charge is 2.21. The number of aromatic nitrogens is 2. The Morgan fingerprint density at radius 1 is 1.35 bits per heavy atom. The van der Waals surface area contributed by atoms with Gasteiger partial charge >= 0.3 is 0 Å². The zero-order chi connectivity index (χ0) is 14.7. The lowest BCUT2D eigenvalue weighted by atomic mass is 10.0. The van der Waals surface area contributed by atoms with Crippen LogP contribution in [0.15, 0.2) is 28.9 Å². The molecule has 0 saturated carbocycles. The molecule has 0 fully saturated rings. The van der Waals surface area contributed by atoms with Crippen LogP contribution in [0.2, 0.25) is 0 Å². The molecule has 108 valence electrons. The molecular formula is C14H16BrF2N3. The highest BCUT2D eigenvalue weighted by Crippen LogP contribution is 2.27. The molecule has 2 aromatic rings. The van der Waals surface area contributed by atoms with Crippen molar-refractivity contribution in [3.63, 3.8) is 0 Å². The first-order valence-corrected chi connectivity index (χ1v) is 7.17. The number of benzene rings is 1. The van der Waals surface area contributed by atoms with E-state index in [0.717, 1.165) is 5.69 Å². The summed E-state index contributed by atoms with van der Waals surface area (Å²) in [5.41, 5.74) is 0.848. The van der Waals surface area contributed by atoms with Crippen LogP contribution < -0.4 is 5.32 Å². The zero-order valence-corrected chi connectivity index (χ0v) is 12.9. The SMILES string of the molecule is CCNC(Cc1ccn(C)n1)c1c(F)cc(Br)cc1F. The van der Waals surface area contributed by atoms with E-state index in [1.165, 1.54) is 12.1 Å². The summed E-state index contributed by atoms with van der Waals surface area (Å²) in [4.78, 5) is 0. The van der Waals surface area contributed by atoms with Crippen molar-refractivity contribution in [2.45, 2.75) is 19.4 Å². The van der Waals surface area contributed by atoms with Crippen molar-refractivity contribution in [3.8, 4) is 0 Å². The van der Waals surface area contributed by atoms with Crippen LogP contribution in [-0.4, -0.2) is 16.3 Å². The Hall–Kier alpha value is -1.27. The van der Waals surface area contributed by atoms with E-state index in [4.69, 9.17) is 0 Å². The van der Waals surface area contributed by atoms with Gasteiger partial charge in [-0.05, 0) is 24.7 Å². The van der Waals surface area contributed by atoms with Crippen LogP contribution in [-0.2, 0) is 13.5 Å². The van der Waals surface area contributed by atoms with E-state index in [2.05, 4.69) is 26.3 Å². The molecule has 1 unspecified atom stereocenters. The third-order valence-corrected chi connectivity index (χ3v) is 3.48. The summed E-state index contributed by atoms with van der Waals surface area (Å²) in [7, 11) is 1.81. The van der Waals surface area contributed by atoms with Crippen LogP contribution in [0.5, 0.6) is 0 Å². The van der Waals surface area contributed by atoms with Gasteiger partial charge in [-0.1, -0.05) is 22.9 Å². The fraction of sp³-hybridized carbons (Fsp3) is 0.357. The molecule has 1 heterocycles. The number of hydrogen-bond donors (Lipinski definition) is 1. The van der Waals surface area contributed by atoms with E-state index in [9.17, 15) is 8.78 Å². The van der Waals surface area contributed by atoms with E-state index in [-0.39, 0.29) is 5.56 Å². The molecule has 3 nitrogen and oxygen atoms in total. The van der Waals surface area contributed by atoms with Crippen LogP contribution in [0, 0.1) is 11.6 Å². The molecule has 0 amide bonds.